The second kappa shape index (κ2) is 8.88. The van der Waals surface area contributed by atoms with E-state index in [1.807, 2.05) is 37.3 Å². The summed E-state index contributed by atoms with van der Waals surface area (Å²) in [6.45, 7) is 1.93. The second-order valence-corrected chi connectivity index (χ2v) is 7.28. The van der Waals surface area contributed by atoms with Crippen molar-refractivity contribution in [2.24, 2.45) is 0 Å². The van der Waals surface area contributed by atoms with Gasteiger partial charge in [0.15, 0.2) is 6.29 Å². The number of carbonyl (C=O) groups excluding carboxylic acids is 2. The van der Waals surface area contributed by atoms with Crippen molar-refractivity contribution in [2.75, 3.05) is 17.7 Å². The number of anilines is 2. The smallest absolute Gasteiger partial charge is 0.324 e. The van der Waals surface area contributed by atoms with Crippen LogP contribution in [0.15, 0.2) is 60.7 Å². The van der Waals surface area contributed by atoms with Crippen molar-refractivity contribution in [3.63, 3.8) is 0 Å². The number of rotatable bonds is 5. The third-order valence-corrected chi connectivity index (χ3v) is 4.85. The summed E-state index contributed by atoms with van der Waals surface area (Å²) in [4.78, 5) is 24.7. The molecule has 0 radical (unpaired) electrons. The third-order valence-electron chi connectivity index (χ3n) is 4.85. The number of nitrogens with one attached hydrogen (secondary N) is 4. The molecule has 1 aliphatic heterocycles. The molecule has 0 saturated carbocycles. The van der Waals surface area contributed by atoms with Crippen molar-refractivity contribution in [3.05, 3.63) is 60.7 Å². The summed E-state index contributed by atoms with van der Waals surface area (Å²) in [5.74, 6) is 0.989. The predicted octanol–water partition coefficient (Wildman–Crippen LogP) is 3.16. The molecule has 3 aromatic rings. The molecule has 160 valence electrons. The topological polar surface area (TPSA) is 109 Å². The van der Waals surface area contributed by atoms with Gasteiger partial charge >= 0.3 is 6.03 Å². The van der Waals surface area contributed by atoms with Crippen LogP contribution >= 0.6 is 0 Å². The number of amides is 3. The van der Waals surface area contributed by atoms with Crippen LogP contribution < -0.4 is 26.0 Å². The van der Waals surface area contributed by atoms with Crippen LogP contribution in [0.5, 0.6) is 5.75 Å². The third kappa shape index (κ3) is 4.84. The number of hydrogen-bond acceptors (Lipinski definition) is 5. The fourth-order valence-electron chi connectivity index (χ4n) is 3.41. The minimum atomic E-state index is -0.583. The zero-order chi connectivity index (χ0) is 21.8. The lowest BCUT2D eigenvalue weighted by Gasteiger charge is -2.30. The molecule has 31 heavy (non-hydrogen) atoms. The summed E-state index contributed by atoms with van der Waals surface area (Å²) in [7, 11) is 1.56. The van der Waals surface area contributed by atoms with Crippen molar-refractivity contribution in [3.8, 4) is 17.0 Å². The molecule has 0 spiro atoms. The quantitative estimate of drug-likeness (QED) is 0.507. The molecule has 3 amide bonds. The molecule has 0 bridgehead atoms. The Kier molecular flexibility index (Phi) is 5.85. The van der Waals surface area contributed by atoms with Gasteiger partial charge in [0, 0.05) is 35.8 Å². The van der Waals surface area contributed by atoms with Gasteiger partial charge in [0.05, 0.1) is 12.8 Å². The summed E-state index contributed by atoms with van der Waals surface area (Å²) in [6.07, 6.45) is -0.205. The highest BCUT2D eigenvalue weighted by atomic mass is 16.5. The number of carbonyl (C=O) groups is 2. The van der Waals surface area contributed by atoms with Crippen LogP contribution in [0, 0.1) is 0 Å². The fraction of sp³-hybridized carbons (Fsp3) is 0.227. The maximum absolute atomic E-state index is 12.7. The van der Waals surface area contributed by atoms with E-state index in [4.69, 9.17) is 4.74 Å². The number of aromatic nitrogens is 2. The summed E-state index contributed by atoms with van der Waals surface area (Å²) in [5, 5.41) is 16.4. The molecule has 9 heteroatoms. The SMILES string of the molecule is COc1cccc(NC(=O)Nc2cc(-c3ccccc3)nn2C2NC(=O)CC(C)N2)c1. The highest BCUT2D eigenvalue weighted by Gasteiger charge is 2.27. The van der Waals surface area contributed by atoms with Crippen LogP contribution in [0.2, 0.25) is 0 Å². The van der Waals surface area contributed by atoms with Gasteiger partial charge < -0.3 is 15.4 Å². The van der Waals surface area contributed by atoms with Crippen molar-refractivity contribution < 1.29 is 14.3 Å². The molecule has 2 aromatic carbocycles. The molecule has 4 rings (SSSR count). The van der Waals surface area contributed by atoms with Crippen LogP contribution in [0.1, 0.15) is 19.6 Å². The first-order valence-corrected chi connectivity index (χ1v) is 9.94. The summed E-state index contributed by atoms with van der Waals surface area (Å²) in [6, 6.07) is 18.0. The standard InChI is InChI=1S/C22H24N6O3/c1-14-11-20(29)26-21(23-14)28-19(13-18(27-28)15-7-4-3-5-8-15)25-22(30)24-16-9-6-10-17(12-16)31-2/h3-10,12-14,21,23H,11H2,1-2H3,(H,26,29)(H2,24,25,30). The van der Waals surface area contributed by atoms with Gasteiger partial charge in [0.1, 0.15) is 11.6 Å². The lowest BCUT2D eigenvalue weighted by Crippen LogP contribution is -2.52. The molecule has 2 atom stereocenters. The zero-order valence-electron chi connectivity index (χ0n) is 17.3. The van der Waals surface area contributed by atoms with E-state index in [-0.39, 0.29) is 11.9 Å². The molecule has 1 saturated heterocycles. The van der Waals surface area contributed by atoms with Gasteiger partial charge in [0.25, 0.3) is 0 Å². The molecule has 2 unspecified atom stereocenters. The molecule has 9 nitrogen and oxygen atoms in total. The van der Waals surface area contributed by atoms with Crippen molar-refractivity contribution >= 4 is 23.4 Å². The number of nitrogens with zero attached hydrogens (tertiary/aromatic N) is 2. The number of ether oxygens (including phenoxy) is 1. The maximum Gasteiger partial charge on any atom is 0.324 e. The number of hydrogen-bond donors (Lipinski definition) is 4. The first-order valence-electron chi connectivity index (χ1n) is 9.94. The lowest BCUT2D eigenvalue weighted by atomic mass is 10.2. The van der Waals surface area contributed by atoms with Crippen LogP contribution in [-0.2, 0) is 4.79 Å². The molecular formula is C22H24N6O3. The van der Waals surface area contributed by atoms with Crippen LogP contribution in [-0.4, -0.2) is 34.9 Å². The Balaban J connectivity index is 1.60. The Hall–Kier alpha value is -3.85. The number of urea groups is 1. The van der Waals surface area contributed by atoms with E-state index in [1.165, 1.54) is 0 Å². The van der Waals surface area contributed by atoms with Crippen molar-refractivity contribution in [2.45, 2.75) is 25.7 Å². The van der Waals surface area contributed by atoms with E-state index in [2.05, 4.69) is 26.4 Å². The minimum Gasteiger partial charge on any atom is -0.497 e. The highest BCUT2D eigenvalue weighted by Crippen LogP contribution is 2.25. The molecule has 4 N–H and O–H groups in total. The van der Waals surface area contributed by atoms with E-state index < -0.39 is 12.3 Å². The molecule has 1 fully saturated rings. The fourth-order valence-corrected chi connectivity index (χ4v) is 3.41. The molecule has 1 aliphatic rings. The van der Waals surface area contributed by atoms with E-state index in [0.29, 0.717) is 29.4 Å². The van der Waals surface area contributed by atoms with Crippen molar-refractivity contribution in [1.29, 1.82) is 0 Å². The van der Waals surface area contributed by atoms with Crippen LogP contribution in [0.4, 0.5) is 16.3 Å². The van der Waals surface area contributed by atoms with E-state index in [0.717, 1.165) is 5.56 Å². The summed E-state index contributed by atoms with van der Waals surface area (Å²) >= 11 is 0. The number of benzene rings is 2. The van der Waals surface area contributed by atoms with Crippen LogP contribution in [0.25, 0.3) is 11.3 Å². The number of methoxy groups -OCH3 is 1. The minimum absolute atomic E-state index is 0.0263. The Morgan fingerprint density at radius 1 is 1.13 bits per heavy atom. The monoisotopic (exact) mass is 420 g/mol. The normalized spacial score (nSPS) is 18.2. The van der Waals surface area contributed by atoms with Gasteiger partial charge in [-0.25, -0.2) is 9.48 Å². The van der Waals surface area contributed by atoms with Gasteiger partial charge in [-0.3, -0.25) is 15.4 Å². The second-order valence-electron chi connectivity index (χ2n) is 7.28. The highest BCUT2D eigenvalue weighted by molar-refractivity contribution is 5.99. The van der Waals surface area contributed by atoms with Crippen LogP contribution in [0.3, 0.4) is 0 Å². The Labute approximate surface area is 179 Å². The largest absolute Gasteiger partial charge is 0.497 e. The summed E-state index contributed by atoms with van der Waals surface area (Å²) < 4.78 is 6.76. The maximum atomic E-state index is 12.7. The van der Waals surface area contributed by atoms with Gasteiger partial charge in [-0.2, -0.15) is 5.10 Å². The molecule has 0 aliphatic carbocycles. The van der Waals surface area contributed by atoms with Crippen molar-refractivity contribution in [1.82, 2.24) is 20.4 Å². The predicted molar refractivity (Wildman–Crippen MR) is 118 cm³/mol. The molecule has 2 heterocycles. The Morgan fingerprint density at radius 2 is 1.94 bits per heavy atom. The average Bonchev–Trinajstić information content (AvgIpc) is 3.17. The first kappa shape index (κ1) is 20.4. The van der Waals surface area contributed by atoms with Gasteiger partial charge in [-0.05, 0) is 19.1 Å². The lowest BCUT2D eigenvalue weighted by molar-refractivity contribution is -0.125. The van der Waals surface area contributed by atoms with E-state index in [9.17, 15) is 9.59 Å². The summed E-state index contributed by atoms with van der Waals surface area (Å²) in [5.41, 5.74) is 2.16. The zero-order valence-corrected chi connectivity index (χ0v) is 17.3. The van der Waals surface area contributed by atoms with Gasteiger partial charge in [-0.15, -0.1) is 0 Å². The Bertz CT molecular complexity index is 1080. The van der Waals surface area contributed by atoms with E-state index in [1.54, 1.807) is 42.1 Å². The first-order chi connectivity index (χ1) is 15.0. The van der Waals surface area contributed by atoms with E-state index >= 15 is 0 Å². The Morgan fingerprint density at radius 3 is 2.68 bits per heavy atom. The average molecular weight is 420 g/mol. The molecular weight excluding hydrogens is 396 g/mol. The molecule has 1 aromatic heterocycles. The van der Waals surface area contributed by atoms with Gasteiger partial charge in [-0.1, -0.05) is 36.4 Å². The van der Waals surface area contributed by atoms with Gasteiger partial charge in [0.2, 0.25) is 5.91 Å².